The van der Waals surface area contributed by atoms with Crippen molar-refractivity contribution >= 4 is 17.3 Å². The van der Waals surface area contributed by atoms with E-state index in [4.69, 9.17) is 11.6 Å². The number of hydrogen-bond acceptors (Lipinski definition) is 3. The summed E-state index contributed by atoms with van der Waals surface area (Å²) in [6.45, 7) is 1.26. The average molecular weight is 237 g/mol. The molecule has 0 spiro atoms. The Kier molecular flexibility index (Phi) is 3.52. The lowest BCUT2D eigenvalue weighted by atomic mass is 10.1. The molecule has 1 rings (SSSR count). The van der Waals surface area contributed by atoms with Gasteiger partial charge >= 0.3 is 0 Å². The first-order valence-electron chi connectivity index (χ1n) is 3.96. The van der Waals surface area contributed by atoms with Crippen molar-refractivity contribution in [3.05, 3.63) is 33.1 Å². The summed E-state index contributed by atoms with van der Waals surface area (Å²) in [6.07, 6.45) is -1.86. The Hall–Kier alpha value is -1.30. The van der Waals surface area contributed by atoms with Crippen molar-refractivity contribution in [2.75, 3.05) is 0 Å². The van der Waals surface area contributed by atoms with Crippen LogP contribution in [0.5, 0.6) is 0 Å². The van der Waals surface area contributed by atoms with Gasteiger partial charge in [-0.2, -0.15) is 0 Å². The van der Waals surface area contributed by atoms with Gasteiger partial charge in [0.15, 0.2) is 0 Å². The summed E-state index contributed by atoms with van der Waals surface area (Å²) >= 11 is 5.43. The van der Waals surface area contributed by atoms with Crippen LogP contribution in [0, 0.1) is 17.0 Å². The highest BCUT2D eigenvalue weighted by Gasteiger charge is 2.24. The molecule has 0 fully saturated rings. The lowest BCUT2D eigenvalue weighted by Gasteiger charge is -2.06. The Labute approximate surface area is 89.0 Å². The molecule has 1 aromatic heterocycles. The third-order valence-corrected chi connectivity index (χ3v) is 2.22. The van der Waals surface area contributed by atoms with Crippen LogP contribution >= 0.6 is 11.6 Å². The van der Waals surface area contributed by atoms with E-state index in [0.29, 0.717) is 0 Å². The van der Waals surface area contributed by atoms with E-state index in [1.54, 1.807) is 0 Å². The van der Waals surface area contributed by atoms with Gasteiger partial charge in [0.05, 0.1) is 10.8 Å². The van der Waals surface area contributed by atoms with Crippen LogP contribution in [0.15, 0.2) is 6.20 Å². The SMILES string of the molecule is Cc1c(C(F)F)cnc(CCl)c1[N+](=O)[O-]. The molecule has 0 amide bonds. The van der Waals surface area contributed by atoms with E-state index in [2.05, 4.69) is 4.98 Å². The van der Waals surface area contributed by atoms with Gasteiger partial charge in [-0.25, -0.2) is 8.78 Å². The van der Waals surface area contributed by atoms with Gasteiger partial charge in [-0.3, -0.25) is 15.1 Å². The third-order valence-electron chi connectivity index (χ3n) is 1.97. The quantitative estimate of drug-likeness (QED) is 0.461. The van der Waals surface area contributed by atoms with Crippen LogP contribution in [-0.4, -0.2) is 9.91 Å². The largest absolute Gasteiger partial charge is 0.295 e. The highest BCUT2D eigenvalue weighted by atomic mass is 35.5. The minimum absolute atomic E-state index is 0.00330. The fraction of sp³-hybridized carbons (Fsp3) is 0.375. The molecule has 0 aliphatic carbocycles. The number of aromatic nitrogens is 1. The molecule has 1 heterocycles. The molecule has 4 nitrogen and oxygen atoms in total. The predicted octanol–water partition coefficient (Wildman–Crippen LogP) is 2.97. The zero-order valence-electron chi connectivity index (χ0n) is 7.71. The topological polar surface area (TPSA) is 56.0 Å². The van der Waals surface area contributed by atoms with Crippen LogP contribution in [-0.2, 0) is 5.88 Å². The zero-order chi connectivity index (χ0) is 11.6. The van der Waals surface area contributed by atoms with E-state index in [9.17, 15) is 18.9 Å². The van der Waals surface area contributed by atoms with Gasteiger partial charge in [0.1, 0.15) is 5.69 Å². The van der Waals surface area contributed by atoms with Crippen LogP contribution < -0.4 is 0 Å². The molecule has 0 saturated carbocycles. The number of halogens is 3. The summed E-state index contributed by atoms with van der Waals surface area (Å²) in [5, 5.41) is 10.6. The molecule has 7 heteroatoms. The molecular formula is C8H7ClF2N2O2. The fourth-order valence-corrected chi connectivity index (χ4v) is 1.41. The van der Waals surface area contributed by atoms with E-state index in [0.717, 1.165) is 6.20 Å². The van der Waals surface area contributed by atoms with Crippen molar-refractivity contribution in [2.24, 2.45) is 0 Å². The first kappa shape index (κ1) is 11.8. The molecule has 0 aromatic carbocycles. The Morgan fingerprint density at radius 2 is 2.27 bits per heavy atom. The minimum Gasteiger partial charge on any atom is -0.258 e. The summed E-state index contributed by atoms with van der Waals surface area (Å²) in [5.74, 6) is -0.180. The molecule has 0 saturated heterocycles. The maximum atomic E-state index is 12.4. The maximum Gasteiger partial charge on any atom is 0.295 e. The number of nitrogens with zero attached hydrogens (tertiary/aromatic N) is 2. The first-order valence-corrected chi connectivity index (χ1v) is 4.49. The Morgan fingerprint density at radius 3 is 2.67 bits per heavy atom. The van der Waals surface area contributed by atoms with Gasteiger partial charge < -0.3 is 0 Å². The third kappa shape index (κ3) is 2.20. The van der Waals surface area contributed by atoms with Crippen LogP contribution in [0.4, 0.5) is 14.5 Å². The van der Waals surface area contributed by atoms with E-state index in [-0.39, 0.29) is 17.1 Å². The van der Waals surface area contributed by atoms with E-state index in [1.807, 2.05) is 0 Å². The van der Waals surface area contributed by atoms with Crippen molar-refractivity contribution in [2.45, 2.75) is 19.2 Å². The molecule has 0 unspecified atom stereocenters. The molecule has 0 N–H and O–H groups in total. The minimum atomic E-state index is -2.78. The maximum absolute atomic E-state index is 12.4. The molecule has 82 valence electrons. The number of pyridine rings is 1. The molecule has 0 aliphatic rings. The highest BCUT2D eigenvalue weighted by molar-refractivity contribution is 6.17. The second-order valence-corrected chi connectivity index (χ2v) is 3.09. The van der Waals surface area contributed by atoms with Crippen molar-refractivity contribution in [1.82, 2.24) is 4.98 Å². The Morgan fingerprint density at radius 1 is 1.67 bits per heavy atom. The normalized spacial score (nSPS) is 10.7. The Bertz CT molecular complexity index is 398. The number of alkyl halides is 3. The summed E-state index contributed by atoms with van der Waals surface area (Å²) in [5.41, 5.74) is -0.942. The van der Waals surface area contributed by atoms with Gasteiger partial charge in [0.25, 0.3) is 12.1 Å². The second kappa shape index (κ2) is 4.48. The van der Waals surface area contributed by atoms with Crippen molar-refractivity contribution in [3.63, 3.8) is 0 Å². The molecule has 1 aromatic rings. The standard InChI is InChI=1S/C8H7ClF2N2O2/c1-4-5(8(10)11)3-12-6(2-9)7(4)13(14)15/h3,8H,2H2,1H3. The molecule has 0 bridgehead atoms. The number of nitro groups is 1. The van der Waals surface area contributed by atoms with Crippen molar-refractivity contribution in [3.8, 4) is 0 Å². The monoisotopic (exact) mass is 236 g/mol. The van der Waals surface area contributed by atoms with Crippen molar-refractivity contribution < 1.29 is 13.7 Å². The van der Waals surface area contributed by atoms with Crippen LogP contribution in [0.25, 0.3) is 0 Å². The van der Waals surface area contributed by atoms with E-state index < -0.39 is 22.6 Å². The smallest absolute Gasteiger partial charge is 0.258 e. The first-order chi connectivity index (χ1) is 6.99. The summed E-state index contributed by atoms with van der Waals surface area (Å²) in [4.78, 5) is 13.4. The fourth-order valence-electron chi connectivity index (χ4n) is 1.22. The second-order valence-electron chi connectivity index (χ2n) is 2.83. The van der Waals surface area contributed by atoms with Gasteiger partial charge in [0.2, 0.25) is 0 Å². The molecule has 0 aliphatic heterocycles. The summed E-state index contributed by atoms with van der Waals surface area (Å²) < 4.78 is 24.8. The van der Waals surface area contributed by atoms with Gasteiger partial charge in [0, 0.05) is 17.3 Å². The summed E-state index contributed by atoms with van der Waals surface area (Å²) in [7, 11) is 0. The number of hydrogen-bond donors (Lipinski definition) is 0. The lowest BCUT2D eigenvalue weighted by molar-refractivity contribution is -0.386. The predicted molar refractivity (Wildman–Crippen MR) is 50.1 cm³/mol. The number of rotatable bonds is 3. The zero-order valence-corrected chi connectivity index (χ0v) is 8.46. The molecule has 15 heavy (non-hydrogen) atoms. The average Bonchev–Trinajstić information content (AvgIpc) is 2.15. The highest BCUT2D eigenvalue weighted by Crippen LogP contribution is 2.30. The van der Waals surface area contributed by atoms with E-state index >= 15 is 0 Å². The van der Waals surface area contributed by atoms with Gasteiger partial charge in [-0.1, -0.05) is 0 Å². The van der Waals surface area contributed by atoms with Crippen LogP contribution in [0.3, 0.4) is 0 Å². The molecular weight excluding hydrogens is 230 g/mol. The molecule has 0 atom stereocenters. The van der Waals surface area contributed by atoms with Crippen molar-refractivity contribution in [1.29, 1.82) is 0 Å². The summed E-state index contributed by atoms with van der Waals surface area (Å²) in [6, 6.07) is 0. The van der Waals surface area contributed by atoms with Crippen LogP contribution in [0.2, 0.25) is 0 Å². The van der Waals surface area contributed by atoms with Crippen LogP contribution in [0.1, 0.15) is 23.2 Å². The Balaban J connectivity index is 3.42. The molecule has 0 radical (unpaired) electrons. The van der Waals surface area contributed by atoms with Gasteiger partial charge in [-0.15, -0.1) is 11.6 Å². The lowest BCUT2D eigenvalue weighted by Crippen LogP contribution is -2.03. The van der Waals surface area contributed by atoms with E-state index in [1.165, 1.54) is 6.92 Å². The van der Waals surface area contributed by atoms with Gasteiger partial charge in [-0.05, 0) is 6.92 Å².